The Hall–Kier alpha value is -2.34. The van der Waals surface area contributed by atoms with Crippen molar-refractivity contribution in [1.29, 1.82) is 0 Å². The molecule has 0 amide bonds. The first-order valence-electron chi connectivity index (χ1n) is 6.36. The van der Waals surface area contributed by atoms with Gasteiger partial charge in [-0.1, -0.05) is 23.7 Å². The highest BCUT2D eigenvalue weighted by atomic mass is 35.5. The fourth-order valence-electron chi connectivity index (χ4n) is 2.32. The Labute approximate surface area is 124 Å². The van der Waals surface area contributed by atoms with Gasteiger partial charge in [0.1, 0.15) is 5.15 Å². The molecule has 3 aromatic rings. The molecule has 2 aromatic heterocycles. The lowest BCUT2D eigenvalue weighted by Gasteiger charge is -2.11. The highest BCUT2D eigenvalue weighted by Crippen LogP contribution is 2.10. The number of halogens is 1. The minimum Gasteiger partial charge on any atom is -0.267 e. The second-order valence-electron chi connectivity index (χ2n) is 4.82. The molecule has 0 saturated heterocycles. The number of aromatic nitrogens is 4. The number of hydrogen-bond acceptors (Lipinski definition) is 3. The van der Waals surface area contributed by atoms with Gasteiger partial charge in [-0.15, -0.1) is 0 Å². The van der Waals surface area contributed by atoms with Crippen molar-refractivity contribution in [2.24, 2.45) is 14.1 Å². The monoisotopic (exact) mass is 304 g/mol. The molecule has 1 aromatic carbocycles. The van der Waals surface area contributed by atoms with E-state index in [1.54, 1.807) is 44.4 Å². The Balaban J connectivity index is 2.23. The van der Waals surface area contributed by atoms with Crippen LogP contribution in [-0.4, -0.2) is 19.1 Å². The van der Waals surface area contributed by atoms with E-state index in [4.69, 9.17) is 11.6 Å². The summed E-state index contributed by atoms with van der Waals surface area (Å²) in [4.78, 5) is 24.8. The fourth-order valence-corrected chi connectivity index (χ4v) is 2.49. The van der Waals surface area contributed by atoms with Crippen molar-refractivity contribution >= 4 is 22.4 Å². The Morgan fingerprint density at radius 3 is 2.29 bits per heavy atom. The van der Waals surface area contributed by atoms with Crippen LogP contribution < -0.4 is 11.1 Å². The predicted octanol–water partition coefficient (Wildman–Crippen LogP) is 1.14. The van der Waals surface area contributed by atoms with Gasteiger partial charge >= 0.3 is 0 Å². The first-order chi connectivity index (χ1) is 9.99. The summed E-state index contributed by atoms with van der Waals surface area (Å²) in [5, 5.41) is 5.51. The molecule has 0 aliphatic rings. The molecule has 21 heavy (non-hydrogen) atoms. The Morgan fingerprint density at radius 1 is 1.10 bits per heavy atom. The van der Waals surface area contributed by atoms with E-state index in [0.717, 1.165) is 0 Å². The van der Waals surface area contributed by atoms with Crippen LogP contribution in [0.3, 0.4) is 0 Å². The zero-order chi connectivity index (χ0) is 15.1. The highest BCUT2D eigenvalue weighted by Gasteiger charge is 2.12. The normalized spacial score (nSPS) is 11.2. The first kappa shape index (κ1) is 13.6. The van der Waals surface area contributed by atoms with Gasteiger partial charge in [0.2, 0.25) is 0 Å². The molecule has 0 atom stereocenters. The van der Waals surface area contributed by atoms with Crippen molar-refractivity contribution in [3.05, 3.63) is 61.9 Å². The highest BCUT2D eigenvalue weighted by molar-refractivity contribution is 6.29. The Bertz CT molecular complexity index is 932. The summed E-state index contributed by atoms with van der Waals surface area (Å²) < 4.78 is 4.19. The molecule has 0 spiro atoms. The van der Waals surface area contributed by atoms with Gasteiger partial charge in [0.05, 0.1) is 23.0 Å². The maximum Gasteiger partial charge on any atom is 0.273 e. The summed E-state index contributed by atoms with van der Waals surface area (Å²) in [5.41, 5.74) is 0.177. The molecule has 0 aliphatic heterocycles. The summed E-state index contributed by atoms with van der Waals surface area (Å²) in [5.74, 6) is 0. The molecule has 0 radical (unpaired) electrons. The third kappa shape index (κ3) is 2.17. The van der Waals surface area contributed by atoms with Gasteiger partial charge in [-0.25, -0.2) is 9.36 Å². The Morgan fingerprint density at radius 2 is 1.71 bits per heavy atom. The third-order valence-electron chi connectivity index (χ3n) is 3.46. The SMILES string of the molecule is Cn1nc(Cn2c(=O)c3ccccc3c(=O)n2C)cc1Cl. The lowest BCUT2D eigenvalue weighted by molar-refractivity contribution is 0.496. The molecule has 0 bridgehead atoms. The average molecular weight is 305 g/mol. The number of hydrogen-bond donors (Lipinski definition) is 0. The van der Waals surface area contributed by atoms with Crippen LogP contribution in [0.4, 0.5) is 0 Å². The average Bonchev–Trinajstić information content (AvgIpc) is 2.80. The van der Waals surface area contributed by atoms with E-state index >= 15 is 0 Å². The van der Waals surface area contributed by atoms with Gasteiger partial charge in [-0.2, -0.15) is 5.10 Å². The van der Waals surface area contributed by atoms with E-state index in [-0.39, 0.29) is 17.7 Å². The summed E-state index contributed by atoms with van der Waals surface area (Å²) in [7, 11) is 3.29. The molecular weight excluding hydrogens is 292 g/mol. The van der Waals surface area contributed by atoms with Gasteiger partial charge in [0.15, 0.2) is 0 Å². The van der Waals surface area contributed by atoms with Gasteiger partial charge < -0.3 is 0 Å². The van der Waals surface area contributed by atoms with Crippen molar-refractivity contribution in [1.82, 2.24) is 19.1 Å². The maximum absolute atomic E-state index is 12.5. The number of benzene rings is 1. The molecule has 0 unspecified atom stereocenters. The van der Waals surface area contributed by atoms with Crippen molar-refractivity contribution in [2.75, 3.05) is 0 Å². The van der Waals surface area contributed by atoms with Crippen molar-refractivity contribution in [3.63, 3.8) is 0 Å². The van der Waals surface area contributed by atoms with Crippen LogP contribution in [0.25, 0.3) is 10.8 Å². The molecule has 0 fully saturated rings. The van der Waals surface area contributed by atoms with Crippen molar-refractivity contribution < 1.29 is 0 Å². The first-order valence-corrected chi connectivity index (χ1v) is 6.74. The molecule has 0 N–H and O–H groups in total. The van der Waals surface area contributed by atoms with E-state index in [1.165, 1.54) is 14.0 Å². The van der Waals surface area contributed by atoms with Crippen molar-refractivity contribution in [3.8, 4) is 0 Å². The van der Waals surface area contributed by atoms with E-state index in [1.807, 2.05) is 0 Å². The van der Waals surface area contributed by atoms with Crippen LogP contribution in [0.1, 0.15) is 5.69 Å². The predicted molar refractivity (Wildman–Crippen MR) is 80.8 cm³/mol. The van der Waals surface area contributed by atoms with Gasteiger partial charge in [-0.3, -0.25) is 14.3 Å². The van der Waals surface area contributed by atoms with Crippen LogP contribution in [0.15, 0.2) is 39.9 Å². The number of aryl methyl sites for hydroxylation is 1. The fraction of sp³-hybridized carbons (Fsp3) is 0.214. The molecule has 0 aliphatic carbocycles. The van der Waals surface area contributed by atoms with E-state index in [0.29, 0.717) is 21.6 Å². The summed E-state index contributed by atoms with van der Waals surface area (Å²) in [6, 6.07) is 8.47. The zero-order valence-electron chi connectivity index (χ0n) is 11.6. The standard InChI is InChI=1S/C14H13ClN4O2/c1-17-12(15)7-9(16-17)8-19-14(21)11-6-4-3-5-10(11)13(20)18(19)2/h3-7H,8H2,1-2H3. The Kier molecular flexibility index (Phi) is 3.17. The lowest BCUT2D eigenvalue weighted by Crippen LogP contribution is -2.37. The minimum absolute atomic E-state index is 0.190. The van der Waals surface area contributed by atoms with Crippen LogP contribution >= 0.6 is 11.6 Å². The zero-order valence-corrected chi connectivity index (χ0v) is 12.3. The number of fused-ring (bicyclic) bond motifs is 1. The second kappa shape index (κ2) is 4.89. The second-order valence-corrected chi connectivity index (χ2v) is 5.21. The maximum atomic E-state index is 12.5. The van der Waals surface area contributed by atoms with Crippen LogP contribution in [0, 0.1) is 0 Å². The number of nitrogens with zero attached hydrogens (tertiary/aromatic N) is 4. The van der Waals surface area contributed by atoms with E-state index < -0.39 is 0 Å². The molecule has 7 heteroatoms. The summed E-state index contributed by atoms with van der Waals surface area (Å²) in [6.45, 7) is 0.190. The third-order valence-corrected chi connectivity index (χ3v) is 3.82. The van der Waals surface area contributed by atoms with Crippen LogP contribution in [-0.2, 0) is 20.6 Å². The van der Waals surface area contributed by atoms with Gasteiger partial charge in [0.25, 0.3) is 11.1 Å². The summed E-state index contributed by atoms with van der Waals surface area (Å²) >= 11 is 5.95. The van der Waals surface area contributed by atoms with Gasteiger partial charge in [-0.05, 0) is 12.1 Å². The molecule has 3 rings (SSSR count). The largest absolute Gasteiger partial charge is 0.273 e. The topological polar surface area (TPSA) is 61.8 Å². The van der Waals surface area contributed by atoms with Gasteiger partial charge in [0, 0.05) is 20.2 Å². The van der Waals surface area contributed by atoms with Crippen LogP contribution in [0.5, 0.6) is 0 Å². The van der Waals surface area contributed by atoms with E-state index in [9.17, 15) is 9.59 Å². The van der Waals surface area contributed by atoms with Crippen molar-refractivity contribution in [2.45, 2.75) is 6.54 Å². The number of rotatable bonds is 2. The molecule has 108 valence electrons. The molecule has 2 heterocycles. The smallest absolute Gasteiger partial charge is 0.267 e. The molecule has 0 saturated carbocycles. The lowest BCUT2D eigenvalue weighted by atomic mass is 10.2. The summed E-state index contributed by atoms with van der Waals surface area (Å²) in [6.07, 6.45) is 0. The molecule has 6 nitrogen and oxygen atoms in total. The minimum atomic E-state index is -0.227. The van der Waals surface area contributed by atoms with Crippen LogP contribution in [0.2, 0.25) is 5.15 Å². The molecular formula is C14H13ClN4O2. The quantitative estimate of drug-likeness (QED) is 0.713. The van der Waals surface area contributed by atoms with E-state index in [2.05, 4.69) is 5.10 Å².